The van der Waals surface area contributed by atoms with Crippen LogP contribution in [0.2, 0.25) is 5.02 Å². The Morgan fingerprint density at radius 1 is 0.906 bits per heavy atom. The van der Waals surface area contributed by atoms with E-state index in [1.165, 1.54) is 6.08 Å². The summed E-state index contributed by atoms with van der Waals surface area (Å²) in [5.74, 6) is -1.73. The molecule has 3 aromatic carbocycles. The number of aromatic carboxylic acids is 1. The van der Waals surface area contributed by atoms with E-state index in [4.69, 9.17) is 11.6 Å². The van der Waals surface area contributed by atoms with Gasteiger partial charge in [0.15, 0.2) is 0 Å². The van der Waals surface area contributed by atoms with E-state index in [0.717, 1.165) is 24.3 Å². The first-order valence-corrected chi connectivity index (χ1v) is 11.1. The number of hydrogen-bond acceptors (Lipinski definition) is 6. The van der Waals surface area contributed by atoms with Crippen LogP contribution in [0.15, 0.2) is 93.9 Å². The minimum Gasteiger partial charge on any atom is -0.545 e. The molecule has 0 aliphatic heterocycles. The number of rotatable bonds is 5. The zero-order chi connectivity index (χ0) is 22.9. The number of allylic oxidation sites excluding steroid dienone is 2. The summed E-state index contributed by atoms with van der Waals surface area (Å²) in [4.78, 5) is 23.7. The lowest BCUT2D eigenvalue weighted by molar-refractivity contribution is -0.255. The highest BCUT2D eigenvalue weighted by Gasteiger charge is 2.26. The molecule has 0 unspecified atom stereocenters. The maximum Gasteiger partial charge on any atom is 0.282 e. The number of nitrogens with one attached hydrogen (secondary N) is 1. The minimum absolute atomic E-state index is 0.0700. The van der Waals surface area contributed by atoms with E-state index < -0.39 is 16.0 Å². The molecule has 1 aliphatic rings. The van der Waals surface area contributed by atoms with Crippen molar-refractivity contribution in [1.82, 2.24) is 0 Å². The van der Waals surface area contributed by atoms with Crippen LogP contribution in [0.1, 0.15) is 26.3 Å². The summed E-state index contributed by atoms with van der Waals surface area (Å²) in [6.45, 7) is 0. The molecule has 160 valence electrons. The normalized spacial score (nSPS) is 14.6. The first-order valence-electron chi connectivity index (χ1n) is 9.29. The van der Waals surface area contributed by atoms with Crippen LogP contribution in [-0.2, 0) is 10.0 Å². The number of carbonyl (C=O) groups is 2. The molecule has 0 aromatic heterocycles. The number of benzene rings is 3. The van der Waals surface area contributed by atoms with Gasteiger partial charge in [-0.15, -0.1) is 0 Å². The van der Waals surface area contributed by atoms with E-state index in [0.29, 0.717) is 21.8 Å². The number of ketones is 1. The third-order valence-electron chi connectivity index (χ3n) is 4.70. The van der Waals surface area contributed by atoms with Crippen LogP contribution in [0.25, 0.3) is 0 Å². The van der Waals surface area contributed by atoms with Gasteiger partial charge >= 0.3 is 0 Å². The van der Waals surface area contributed by atoms with E-state index in [-0.39, 0.29) is 27.7 Å². The van der Waals surface area contributed by atoms with E-state index in [1.807, 2.05) is 0 Å². The number of anilines is 1. The summed E-state index contributed by atoms with van der Waals surface area (Å²) >= 11 is 5.90. The van der Waals surface area contributed by atoms with Crippen LogP contribution in [0.4, 0.5) is 5.69 Å². The summed E-state index contributed by atoms with van der Waals surface area (Å²) in [6.07, 6.45) is 1.37. The second-order valence-electron chi connectivity index (χ2n) is 6.83. The summed E-state index contributed by atoms with van der Waals surface area (Å²) in [6, 6.07) is 17.8. The molecular formula is C23H14ClN2O5S-. The van der Waals surface area contributed by atoms with Gasteiger partial charge in [-0.05, 0) is 48.0 Å². The summed E-state index contributed by atoms with van der Waals surface area (Å²) in [5, 5.41) is 14.4. The van der Waals surface area contributed by atoms with E-state index in [1.54, 1.807) is 48.5 Å². The molecular weight excluding hydrogens is 452 g/mol. The standard InChI is InChI=1S/C23H15ClN2O5S/c24-15-7-9-16(10-8-15)25-21-13-20(18-3-1-2-4-19(18)22(21)27)26-32(30,31)17-11-5-14(6-12-17)23(28)29/h1-13,25H,(H,28,29)/p-1. The molecule has 0 fully saturated rings. The van der Waals surface area contributed by atoms with Crippen molar-refractivity contribution in [3.63, 3.8) is 0 Å². The van der Waals surface area contributed by atoms with Crippen molar-refractivity contribution >= 4 is 44.8 Å². The Kier molecular flexibility index (Phi) is 5.65. The molecule has 0 atom stereocenters. The average Bonchev–Trinajstić information content (AvgIpc) is 2.78. The summed E-state index contributed by atoms with van der Waals surface area (Å²) in [7, 11) is -4.19. The molecule has 0 heterocycles. The van der Waals surface area contributed by atoms with E-state index >= 15 is 0 Å². The monoisotopic (exact) mass is 465 g/mol. The van der Waals surface area contributed by atoms with Gasteiger partial charge in [0.05, 0.1) is 22.3 Å². The van der Waals surface area contributed by atoms with Crippen molar-refractivity contribution in [2.45, 2.75) is 4.90 Å². The Bertz CT molecular complexity index is 1390. The van der Waals surface area contributed by atoms with Crippen molar-refractivity contribution in [2.24, 2.45) is 4.40 Å². The van der Waals surface area contributed by atoms with Gasteiger partial charge < -0.3 is 15.2 Å². The quantitative estimate of drug-likeness (QED) is 0.619. The average molecular weight is 466 g/mol. The fourth-order valence-electron chi connectivity index (χ4n) is 3.13. The number of carbonyl (C=O) groups excluding carboxylic acids is 2. The van der Waals surface area contributed by atoms with Gasteiger partial charge in [0.1, 0.15) is 0 Å². The summed E-state index contributed by atoms with van der Waals surface area (Å²) in [5.41, 5.74) is 1.32. The maximum atomic E-state index is 12.9. The molecule has 4 rings (SSSR count). The molecule has 0 spiro atoms. The zero-order valence-electron chi connectivity index (χ0n) is 16.3. The zero-order valence-corrected chi connectivity index (χ0v) is 17.9. The van der Waals surface area contributed by atoms with Gasteiger partial charge in [0.2, 0.25) is 5.78 Å². The van der Waals surface area contributed by atoms with Crippen LogP contribution >= 0.6 is 11.6 Å². The Morgan fingerprint density at radius 2 is 1.53 bits per heavy atom. The predicted octanol–water partition coefficient (Wildman–Crippen LogP) is 3.07. The Morgan fingerprint density at radius 3 is 2.16 bits per heavy atom. The first-order chi connectivity index (χ1) is 15.2. The fourth-order valence-corrected chi connectivity index (χ4v) is 4.25. The van der Waals surface area contributed by atoms with Crippen LogP contribution < -0.4 is 10.4 Å². The molecule has 3 aromatic rings. The fraction of sp³-hybridized carbons (Fsp3) is 0. The molecule has 0 saturated heterocycles. The van der Waals surface area contributed by atoms with E-state index in [9.17, 15) is 23.1 Å². The number of Topliss-reactive ketones (excluding diaryl/α,β-unsaturated/α-hetero) is 1. The molecule has 0 bridgehead atoms. The lowest BCUT2D eigenvalue weighted by atomic mass is 9.92. The molecule has 32 heavy (non-hydrogen) atoms. The summed E-state index contributed by atoms with van der Waals surface area (Å²) < 4.78 is 29.7. The number of carboxylic acid groups (broad SMARTS) is 1. The van der Waals surface area contributed by atoms with Crippen molar-refractivity contribution in [3.05, 3.63) is 106 Å². The lowest BCUT2D eigenvalue weighted by Gasteiger charge is -2.18. The third-order valence-corrected chi connectivity index (χ3v) is 6.26. The molecule has 0 radical (unpaired) electrons. The highest BCUT2D eigenvalue weighted by atomic mass is 35.5. The number of sulfonamides is 1. The topological polar surface area (TPSA) is 116 Å². The highest BCUT2D eigenvalue weighted by molar-refractivity contribution is 7.90. The van der Waals surface area contributed by atoms with Gasteiger partial charge in [0.25, 0.3) is 10.0 Å². The number of fused-ring (bicyclic) bond motifs is 1. The van der Waals surface area contributed by atoms with Crippen molar-refractivity contribution in [1.29, 1.82) is 0 Å². The van der Waals surface area contributed by atoms with Crippen LogP contribution in [0.3, 0.4) is 0 Å². The lowest BCUT2D eigenvalue weighted by Crippen LogP contribution is -2.23. The number of halogens is 1. The molecule has 1 N–H and O–H groups in total. The third kappa shape index (κ3) is 4.32. The molecule has 1 aliphatic carbocycles. The Hall–Kier alpha value is -3.75. The van der Waals surface area contributed by atoms with Gasteiger partial charge in [-0.2, -0.15) is 12.8 Å². The number of carboxylic acids is 1. The Labute approximate surface area is 188 Å². The van der Waals surface area contributed by atoms with Crippen molar-refractivity contribution in [2.75, 3.05) is 5.32 Å². The predicted molar refractivity (Wildman–Crippen MR) is 118 cm³/mol. The largest absolute Gasteiger partial charge is 0.545 e. The van der Waals surface area contributed by atoms with Gasteiger partial charge in [0, 0.05) is 21.8 Å². The van der Waals surface area contributed by atoms with Crippen LogP contribution in [-0.4, -0.2) is 25.9 Å². The smallest absolute Gasteiger partial charge is 0.282 e. The van der Waals surface area contributed by atoms with Crippen LogP contribution in [0.5, 0.6) is 0 Å². The minimum atomic E-state index is -4.19. The number of hydrogen-bond donors (Lipinski definition) is 1. The van der Waals surface area contributed by atoms with Crippen molar-refractivity contribution in [3.8, 4) is 0 Å². The highest BCUT2D eigenvalue weighted by Crippen LogP contribution is 2.25. The second kappa shape index (κ2) is 8.41. The maximum absolute atomic E-state index is 12.9. The second-order valence-corrected chi connectivity index (χ2v) is 8.87. The SMILES string of the molecule is O=C([O-])c1ccc(S(=O)(=O)N=C2C=C(Nc3ccc(Cl)cc3)C(=O)c3ccccc32)cc1. The molecule has 0 amide bonds. The molecule has 7 nitrogen and oxygen atoms in total. The van der Waals surface area contributed by atoms with Gasteiger partial charge in [-0.3, -0.25) is 4.79 Å². The number of nitrogens with zero attached hydrogens (tertiary/aromatic N) is 1. The first kappa shape index (κ1) is 21.5. The van der Waals surface area contributed by atoms with Crippen molar-refractivity contribution < 1.29 is 23.1 Å². The van der Waals surface area contributed by atoms with Gasteiger partial charge in [-0.25, -0.2) is 0 Å². The van der Waals surface area contributed by atoms with Gasteiger partial charge in [-0.1, -0.05) is 48.0 Å². The molecule has 9 heteroatoms. The van der Waals surface area contributed by atoms with E-state index in [2.05, 4.69) is 9.71 Å². The molecule has 0 saturated carbocycles. The Balaban J connectivity index is 1.78. The van der Waals surface area contributed by atoms with Crippen LogP contribution in [0, 0.1) is 0 Å².